The molecule has 1 N–H and O–H groups in total. The van der Waals surface area contributed by atoms with Gasteiger partial charge in [0.05, 0.1) is 5.92 Å². The van der Waals surface area contributed by atoms with Crippen LogP contribution in [0.15, 0.2) is 23.3 Å². The fourth-order valence-corrected chi connectivity index (χ4v) is 7.54. The van der Waals surface area contributed by atoms with Crippen LogP contribution in [0.1, 0.15) is 53.9 Å². The fraction of sp³-hybridized carbons (Fsp3) is 0.750. The van der Waals surface area contributed by atoms with E-state index >= 15 is 0 Å². The lowest BCUT2D eigenvalue weighted by Crippen LogP contribution is -2.56. The zero-order valence-electron chi connectivity index (χ0n) is 18.7. The highest BCUT2D eigenvalue weighted by atomic mass is 16.7. The summed E-state index contributed by atoms with van der Waals surface area (Å²) in [6.45, 7) is 13.9. The third-order valence-electron chi connectivity index (χ3n) is 8.85. The minimum atomic E-state index is -1.65. The lowest BCUT2D eigenvalue weighted by molar-refractivity contribution is -0.185. The van der Waals surface area contributed by atoms with Crippen molar-refractivity contribution in [1.82, 2.24) is 0 Å². The third kappa shape index (κ3) is 2.03. The Balaban J connectivity index is 1.53. The van der Waals surface area contributed by atoms with Gasteiger partial charge in [0.15, 0.2) is 0 Å². The van der Waals surface area contributed by atoms with Gasteiger partial charge >= 0.3 is 11.9 Å². The van der Waals surface area contributed by atoms with E-state index in [2.05, 4.69) is 13.5 Å². The SMILES string of the molecule is C=C1CC[C@]2(O)OC(=O)C(C)=C2[C@@H]2[C@@H]1[C@@]13O[C@@]1(C[C@@H](C)[C@H]3OC(=O)C(C)C)[C@H]1O[C@@]21C. The minimum absolute atomic E-state index is 0.107. The van der Waals surface area contributed by atoms with Gasteiger partial charge in [0.2, 0.25) is 5.79 Å². The van der Waals surface area contributed by atoms with Crippen molar-refractivity contribution in [2.75, 3.05) is 0 Å². The first-order chi connectivity index (χ1) is 14.4. The number of carbonyl (C=O) groups is 2. The predicted molar refractivity (Wildman–Crippen MR) is 107 cm³/mol. The average Bonchev–Trinajstić information content (AvgIpc) is 3.52. The molecule has 3 heterocycles. The monoisotopic (exact) mass is 430 g/mol. The van der Waals surface area contributed by atoms with Crippen LogP contribution in [-0.4, -0.2) is 51.8 Å². The number of epoxide rings is 2. The van der Waals surface area contributed by atoms with Crippen molar-refractivity contribution in [2.24, 2.45) is 23.7 Å². The molecule has 3 aliphatic heterocycles. The molecule has 0 spiro atoms. The van der Waals surface area contributed by atoms with E-state index in [1.807, 2.05) is 20.8 Å². The van der Waals surface area contributed by atoms with E-state index in [0.29, 0.717) is 17.6 Å². The number of carbonyl (C=O) groups excluding carboxylic acids is 2. The van der Waals surface area contributed by atoms with Gasteiger partial charge in [-0.15, -0.1) is 0 Å². The molecule has 0 aromatic carbocycles. The van der Waals surface area contributed by atoms with Crippen LogP contribution in [0.2, 0.25) is 0 Å². The van der Waals surface area contributed by atoms with Gasteiger partial charge in [-0.1, -0.05) is 32.9 Å². The van der Waals surface area contributed by atoms with E-state index in [-0.39, 0.29) is 42.2 Å². The van der Waals surface area contributed by atoms with Gasteiger partial charge < -0.3 is 24.1 Å². The van der Waals surface area contributed by atoms with Gasteiger partial charge in [-0.05, 0) is 32.6 Å². The first kappa shape index (κ1) is 19.9. The number of fused-ring (bicyclic) bond motifs is 5. The van der Waals surface area contributed by atoms with Crippen molar-refractivity contribution < 1.29 is 33.6 Å². The van der Waals surface area contributed by atoms with Crippen molar-refractivity contribution in [1.29, 1.82) is 0 Å². The van der Waals surface area contributed by atoms with Crippen molar-refractivity contribution in [3.05, 3.63) is 23.3 Å². The molecule has 7 nitrogen and oxygen atoms in total. The van der Waals surface area contributed by atoms with Crippen LogP contribution in [0.4, 0.5) is 0 Å². The minimum Gasteiger partial charge on any atom is -0.459 e. The summed E-state index contributed by atoms with van der Waals surface area (Å²) in [5, 5.41) is 11.4. The Morgan fingerprint density at radius 2 is 2.03 bits per heavy atom. The molecule has 5 fully saturated rings. The summed E-state index contributed by atoms with van der Waals surface area (Å²) in [7, 11) is 0. The molecule has 0 aromatic rings. The van der Waals surface area contributed by atoms with Crippen molar-refractivity contribution >= 4 is 11.9 Å². The highest BCUT2D eigenvalue weighted by Gasteiger charge is 2.96. The molecule has 6 aliphatic rings. The summed E-state index contributed by atoms with van der Waals surface area (Å²) >= 11 is 0. The molecule has 168 valence electrons. The van der Waals surface area contributed by atoms with Crippen LogP contribution in [0.3, 0.4) is 0 Å². The second-order valence-electron chi connectivity index (χ2n) is 11.0. The van der Waals surface area contributed by atoms with Gasteiger partial charge in [0, 0.05) is 29.4 Å². The number of esters is 2. The quantitative estimate of drug-likeness (QED) is 0.408. The van der Waals surface area contributed by atoms with E-state index in [0.717, 1.165) is 12.0 Å². The molecule has 0 bridgehead atoms. The van der Waals surface area contributed by atoms with Crippen LogP contribution < -0.4 is 0 Å². The number of rotatable bonds is 2. The van der Waals surface area contributed by atoms with Gasteiger partial charge in [-0.2, -0.15) is 0 Å². The summed E-state index contributed by atoms with van der Waals surface area (Å²) in [6, 6.07) is 0. The molecule has 31 heavy (non-hydrogen) atoms. The average molecular weight is 430 g/mol. The second-order valence-corrected chi connectivity index (χ2v) is 11.0. The summed E-state index contributed by atoms with van der Waals surface area (Å²) in [4.78, 5) is 25.1. The van der Waals surface area contributed by atoms with Crippen LogP contribution in [-0.2, 0) is 28.5 Å². The molecule has 0 amide bonds. The smallest absolute Gasteiger partial charge is 0.336 e. The Morgan fingerprint density at radius 1 is 1.32 bits per heavy atom. The molecule has 0 unspecified atom stereocenters. The molecule has 6 rings (SSSR count). The predicted octanol–water partition coefficient (Wildman–Crippen LogP) is 2.42. The maximum absolute atomic E-state index is 12.6. The zero-order chi connectivity index (χ0) is 22.3. The van der Waals surface area contributed by atoms with E-state index < -0.39 is 34.7 Å². The topological polar surface area (TPSA) is 97.9 Å². The van der Waals surface area contributed by atoms with E-state index in [1.54, 1.807) is 6.92 Å². The van der Waals surface area contributed by atoms with Gasteiger partial charge in [-0.3, -0.25) is 4.79 Å². The van der Waals surface area contributed by atoms with Crippen LogP contribution in [0, 0.1) is 23.7 Å². The molecule has 0 radical (unpaired) electrons. The summed E-state index contributed by atoms with van der Waals surface area (Å²) in [5.74, 6) is -3.08. The number of ether oxygens (including phenoxy) is 4. The van der Waals surface area contributed by atoms with Crippen molar-refractivity contribution in [2.45, 2.75) is 88.7 Å². The second kappa shape index (κ2) is 5.43. The molecule has 0 aromatic heterocycles. The van der Waals surface area contributed by atoms with Crippen molar-refractivity contribution in [3.63, 3.8) is 0 Å². The maximum atomic E-state index is 12.6. The van der Waals surface area contributed by atoms with Gasteiger partial charge in [0.1, 0.15) is 29.0 Å². The lowest BCUT2D eigenvalue weighted by Gasteiger charge is -2.42. The summed E-state index contributed by atoms with van der Waals surface area (Å²) in [6.07, 6.45) is 0.885. The Bertz CT molecular complexity index is 982. The molecular formula is C24H30O7. The van der Waals surface area contributed by atoms with Gasteiger partial charge in [0.25, 0.3) is 0 Å². The van der Waals surface area contributed by atoms with Gasteiger partial charge in [-0.25, -0.2) is 4.79 Å². The number of aliphatic hydroxyl groups is 1. The Labute approximate surface area is 181 Å². The Hall–Kier alpha value is -1.70. The van der Waals surface area contributed by atoms with Crippen LogP contribution in [0.5, 0.6) is 0 Å². The van der Waals surface area contributed by atoms with Crippen LogP contribution in [0.25, 0.3) is 0 Å². The van der Waals surface area contributed by atoms with E-state index in [9.17, 15) is 14.7 Å². The zero-order valence-corrected chi connectivity index (χ0v) is 18.7. The molecule has 3 aliphatic carbocycles. The third-order valence-corrected chi connectivity index (χ3v) is 8.85. The van der Waals surface area contributed by atoms with Crippen molar-refractivity contribution in [3.8, 4) is 0 Å². The van der Waals surface area contributed by atoms with E-state index in [1.165, 1.54) is 0 Å². The molecule has 2 saturated heterocycles. The highest BCUT2D eigenvalue weighted by molar-refractivity contribution is 5.92. The Morgan fingerprint density at radius 3 is 2.71 bits per heavy atom. The molecule has 7 heteroatoms. The number of hydrogen-bond donors (Lipinski definition) is 1. The maximum Gasteiger partial charge on any atom is 0.336 e. The molecule has 3 saturated carbocycles. The lowest BCUT2D eigenvalue weighted by atomic mass is 9.58. The summed E-state index contributed by atoms with van der Waals surface area (Å²) < 4.78 is 24.5. The first-order valence-electron chi connectivity index (χ1n) is 11.4. The standard InChI is InChI=1S/C24H30O7/c1-10(2)18(25)28-17-12(4)9-22-20-21(6,30-20)16-14(24(17,22)31-22)11(3)7-8-23(27)15(16)13(5)19(26)29-23/h10,12,14,16-17,20,27H,3,7-9H2,1-2,4-6H3/t12-,14-,16+,17-,20+,21+,22+,23+,24+/m1/s1. The fourth-order valence-electron chi connectivity index (χ4n) is 7.54. The highest BCUT2D eigenvalue weighted by Crippen LogP contribution is 2.81. The largest absolute Gasteiger partial charge is 0.459 e. The number of hydrogen-bond acceptors (Lipinski definition) is 7. The normalized spacial score (nSPS) is 53.7. The Kier molecular flexibility index (Phi) is 3.50. The molecular weight excluding hydrogens is 400 g/mol. The van der Waals surface area contributed by atoms with E-state index in [4.69, 9.17) is 18.9 Å². The summed E-state index contributed by atoms with van der Waals surface area (Å²) in [5.41, 5.74) is 0.109. The first-order valence-corrected chi connectivity index (χ1v) is 11.4. The van der Waals surface area contributed by atoms with Crippen LogP contribution >= 0.6 is 0 Å². The molecule has 9 atom stereocenters.